The lowest BCUT2D eigenvalue weighted by molar-refractivity contribution is -0.0434. The zero-order valence-corrected chi connectivity index (χ0v) is 28.2. The highest BCUT2D eigenvalue weighted by Gasteiger charge is 2.42. The lowest BCUT2D eigenvalue weighted by Crippen LogP contribution is -2.72. The van der Waals surface area contributed by atoms with Crippen LogP contribution in [-0.2, 0) is 9.47 Å². The van der Waals surface area contributed by atoms with Crippen molar-refractivity contribution in [1.82, 2.24) is 10.2 Å². The molecule has 41 heavy (non-hydrogen) atoms. The first-order chi connectivity index (χ1) is 20.0. The van der Waals surface area contributed by atoms with Crippen LogP contribution < -0.4 is 16.8 Å². The van der Waals surface area contributed by atoms with Gasteiger partial charge in [-0.1, -0.05) is 117 Å². The minimum absolute atomic E-state index is 0.237. The molecule has 6 nitrogen and oxygen atoms in total. The number of piperazine rings is 1. The van der Waals surface area contributed by atoms with Crippen molar-refractivity contribution in [3.05, 3.63) is 0 Å². The monoisotopic (exact) mass is 583 g/mol. The Kier molecular flexibility index (Phi) is 24.8. The van der Waals surface area contributed by atoms with Gasteiger partial charge in [-0.25, -0.2) is 0 Å². The second kappa shape index (κ2) is 26.2. The molecule has 1 fully saturated rings. The van der Waals surface area contributed by atoms with Crippen LogP contribution in [0, 0.1) is 0 Å². The van der Waals surface area contributed by atoms with Gasteiger partial charge in [0.25, 0.3) is 0 Å². The first-order valence-corrected chi connectivity index (χ1v) is 18.2. The Balaban J connectivity index is 2.37. The summed E-state index contributed by atoms with van der Waals surface area (Å²) in [6.07, 6.45) is 27.5. The fraction of sp³-hybridized carbons (Fsp3) is 1.00. The van der Waals surface area contributed by atoms with Crippen molar-refractivity contribution >= 4 is 0 Å². The summed E-state index contributed by atoms with van der Waals surface area (Å²) in [6, 6.07) is 0.237. The van der Waals surface area contributed by atoms with Gasteiger partial charge in [-0.3, -0.25) is 4.90 Å². The molecule has 0 saturated carbocycles. The highest BCUT2D eigenvalue weighted by atomic mass is 16.5. The van der Waals surface area contributed by atoms with E-state index in [9.17, 15) is 0 Å². The summed E-state index contributed by atoms with van der Waals surface area (Å²) >= 11 is 0. The largest absolute Gasteiger partial charge is 0.378 e. The van der Waals surface area contributed by atoms with Crippen LogP contribution in [0.25, 0.3) is 0 Å². The number of unbranched alkanes of at least 4 members (excludes halogenated alkanes) is 14. The normalized spacial score (nSPS) is 21.4. The highest BCUT2D eigenvalue weighted by Crippen LogP contribution is 2.25. The van der Waals surface area contributed by atoms with Crippen molar-refractivity contribution in [2.75, 3.05) is 39.4 Å². The molecule has 6 heteroatoms. The molecule has 1 aliphatic rings. The third-order valence-electron chi connectivity index (χ3n) is 9.26. The van der Waals surface area contributed by atoms with Crippen molar-refractivity contribution in [2.24, 2.45) is 11.5 Å². The molecular formula is C35H74N4O2. The second-order valence-electron chi connectivity index (χ2n) is 13.1. The second-order valence-corrected chi connectivity index (χ2v) is 13.1. The Morgan fingerprint density at radius 2 is 1.22 bits per heavy atom. The predicted molar refractivity (Wildman–Crippen MR) is 178 cm³/mol. The summed E-state index contributed by atoms with van der Waals surface area (Å²) < 4.78 is 12.6. The third kappa shape index (κ3) is 18.9. The fourth-order valence-electron chi connectivity index (χ4n) is 6.39. The van der Waals surface area contributed by atoms with E-state index in [1.54, 1.807) is 0 Å². The van der Waals surface area contributed by atoms with Gasteiger partial charge < -0.3 is 26.3 Å². The lowest BCUT2D eigenvalue weighted by atomic mass is 9.89. The molecule has 0 radical (unpaired) electrons. The van der Waals surface area contributed by atoms with E-state index < -0.39 is 5.66 Å². The Hall–Kier alpha value is -0.240. The maximum absolute atomic E-state index is 7.23. The number of nitrogens with zero attached hydrogens (tertiary/aromatic N) is 1. The SMILES string of the molecule is CCCCCCCCCCC(C)OCCN1CCNC(CCCN)C1(N)CCOC(C)CCCCCCCCCC. The van der Waals surface area contributed by atoms with Crippen LogP contribution in [0.15, 0.2) is 0 Å². The predicted octanol–water partition coefficient (Wildman–Crippen LogP) is 7.92. The molecule has 0 bridgehead atoms. The van der Waals surface area contributed by atoms with Crippen LogP contribution in [0.4, 0.5) is 0 Å². The molecule has 0 aromatic rings. The average Bonchev–Trinajstić information content (AvgIpc) is 2.96. The molecule has 0 aromatic heterocycles. The molecule has 1 aliphatic heterocycles. The van der Waals surface area contributed by atoms with Crippen LogP contribution in [-0.4, -0.2) is 68.2 Å². The smallest absolute Gasteiger partial charge is 0.0868 e. The molecule has 1 saturated heterocycles. The van der Waals surface area contributed by atoms with Crippen molar-refractivity contribution < 1.29 is 9.47 Å². The molecular weight excluding hydrogens is 508 g/mol. The Morgan fingerprint density at radius 3 is 1.73 bits per heavy atom. The zero-order chi connectivity index (χ0) is 30.0. The van der Waals surface area contributed by atoms with Gasteiger partial charge >= 0.3 is 0 Å². The highest BCUT2D eigenvalue weighted by molar-refractivity contribution is 4.99. The minimum Gasteiger partial charge on any atom is -0.378 e. The Bertz CT molecular complexity index is 566. The maximum atomic E-state index is 7.23. The third-order valence-corrected chi connectivity index (χ3v) is 9.26. The van der Waals surface area contributed by atoms with Crippen LogP contribution in [0.3, 0.4) is 0 Å². The van der Waals surface area contributed by atoms with Gasteiger partial charge in [-0.2, -0.15) is 0 Å². The number of nitrogens with two attached hydrogens (primary N) is 2. The number of ether oxygens (including phenoxy) is 2. The average molecular weight is 583 g/mol. The summed E-state index contributed by atoms with van der Waals surface area (Å²) in [5, 5.41) is 3.72. The van der Waals surface area contributed by atoms with Gasteiger partial charge in [-0.05, 0) is 46.1 Å². The Labute approximate surface area is 256 Å². The lowest BCUT2D eigenvalue weighted by Gasteiger charge is -2.50. The van der Waals surface area contributed by atoms with Gasteiger partial charge in [0.1, 0.15) is 0 Å². The minimum atomic E-state index is -0.421. The summed E-state index contributed by atoms with van der Waals surface area (Å²) in [4.78, 5) is 2.47. The molecule has 246 valence electrons. The standard InChI is InChI=1S/C35H74N4O2/c1-5-7-9-11-13-15-17-19-22-32(3)40-30-25-35(37)34(24-21-26-36)38-27-28-39(35)29-31-41-33(4)23-20-18-16-14-12-10-8-6-2/h32-34,38H,5-31,36-37H2,1-4H3. The van der Waals surface area contributed by atoms with Gasteiger partial charge in [0.2, 0.25) is 0 Å². The van der Waals surface area contributed by atoms with Gasteiger partial charge in [0.15, 0.2) is 0 Å². The van der Waals surface area contributed by atoms with Crippen LogP contribution in [0.1, 0.15) is 163 Å². The van der Waals surface area contributed by atoms with E-state index in [2.05, 4.69) is 37.9 Å². The van der Waals surface area contributed by atoms with Crippen molar-refractivity contribution in [2.45, 2.75) is 186 Å². The summed E-state index contributed by atoms with van der Waals surface area (Å²) in [7, 11) is 0. The van der Waals surface area contributed by atoms with Crippen molar-refractivity contribution in [3.8, 4) is 0 Å². The number of hydrogen-bond acceptors (Lipinski definition) is 6. The summed E-state index contributed by atoms with van der Waals surface area (Å²) in [5.74, 6) is 0. The quantitative estimate of drug-likeness (QED) is 0.0777. The molecule has 0 aromatic carbocycles. The number of rotatable bonds is 29. The molecule has 5 N–H and O–H groups in total. The first kappa shape index (κ1) is 38.8. The van der Waals surface area contributed by atoms with Crippen LogP contribution >= 0.6 is 0 Å². The zero-order valence-electron chi connectivity index (χ0n) is 28.2. The van der Waals surface area contributed by atoms with E-state index in [4.69, 9.17) is 20.9 Å². The van der Waals surface area contributed by atoms with Crippen molar-refractivity contribution in [1.29, 1.82) is 0 Å². The van der Waals surface area contributed by atoms with E-state index in [-0.39, 0.29) is 6.04 Å². The summed E-state index contributed by atoms with van der Waals surface area (Å²) in [5.41, 5.74) is 12.7. The van der Waals surface area contributed by atoms with Gasteiger partial charge in [-0.15, -0.1) is 0 Å². The summed E-state index contributed by atoms with van der Waals surface area (Å²) in [6.45, 7) is 14.0. The molecule has 4 atom stereocenters. The van der Waals surface area contributed by atoms with Crippen molar-refractivity contribution in [3.63, 3.8) is 0 Å². The van der Waals surface area contributed by atoms with Crippen LogP contribution in [0.5, 0.6) is 0 Å². The molecule has 0 amide bonds. The first-order valence-electron chi connectivity index (χ1n) is 18.2. The van der Waals surface area contributed by atoms with E-state index in [1.807, 2.05) is 0 Å². The molecule has 4 unspecified atom stereocenters. The van der Waals surface area contributed by atoms with E-state index >= 15 is 0 Å². The fourth-order valence-corrected chi connectivity index (χ4v) is 6.39. The van der Waals surface area contributed by atoms with E-state index in [0.29, 0.717) is 25.4 Å². The van der Waals surface area contributed by atoms with Crippen LogP contribution in [0.2, 0.25) is 0 Å². The van der Waals surface area contributed by atoms with E-state index in [1.165, 1.54) is 103 Å². The topological polar surface area (TPSA) is 85.8 Å². The molecule has 0 aliphatic carbocycles. The van der Waals surface area contributed by atoms with E-state index in [0.717, 1.165) is 58.3 Å². The molecule has 0 spiro atoms. The maximum Gasteiger partial charge on any atom is 0.0868 e. The molecule has 1 rings (SSSR count). The molecule has 1 heterocycles. The Morgan fingerprint density at radius 1 is 0.732 bits per heavy atom. The number of hydrogen-bond donors (Lipinski definition) is 3. The van der Waals surface area contributed by atoms with Gasteiger partial charge in [0, 0.05) is 32.1 Å². The van der Waals surface area contributed by atoms with Gasteiger partial charge in [0.05, 0.1) is 31.1 Å². The number of nitrogens with one attached hydrogen (secondary N) is 1.